The van der Waals surface area contributed by atoms with Gasteiger partial charge >= 0.3 is 5.69 Å². The Morgan fingerprint density at radius 3 is 2.23 bits per heavy atom. The molecule has 3 heterocycles. The lowest BCUT2D eigenvalue weighted by Crippen LogP contribution is -2.47. The summed E-state index contributed by atoms with van der Waals surface area (Å²) in [5, 5.41) is 9.59. The van der Waals surface area contributed by atoms with Gasteiger partial charge in [0, 0.05) is 42.8 Å². The molecule has 4 atom stereocenters. The first-order chi connectivity index (χ1) is 23.3. The Balaban J connectivity index is 1.08. The fourth-order valence-corrected chi connectivity index (χ4v) is 7.98. The lowest BCUT2D eigenvalue weighted by molar-refractivity contribution is -0.276. The van der Waals surface area contributed by atoms with Gasteiger partial charge in [-0.05, 0) is 60.4 Å². The van der Waals surface area contributed by atoms with Crippen molar-refractivity contribution in [3.8, 4) is 0 Å². The van der Waals surface area contributed by atoms with Gasteiger partial charge in [-0.1, -0.05) is 73.7 Å². The highest BCUT2D eigenvalue weighted by atomic mass is 32.2. The summed E-state index contributed by atoms with van der Waals surface area (Å²) in [5.74, 6) is 0.0205. The van der Waals surface area contributed by atoms with E-state index in [9.17, 15) is 18.3 Å². The van der Waals surface area contributed by atoms with Crippen molar-refractivity contribution >= 4 is 26.7 Å². The lowest BCUT2D eigenvalue weighted by atomic mass is 9.89. The molecule has 4 unspecified atom stereocenters. The van der Waals surface area contributed by atoms with Crippen LogP contribution in [-0.2, 0) is 26.1 Å². The summed E-state index contributed by atoms with van der Waals surface area (Å²) in [6.07, 6.45) is 0.621. The molecule has 0 amide bonds. The number of para-hydroxylation sites is 2. The Kier molecular flexibility index (Phi) is 9.21. The number of aliphatic hydroxyl groups is 1. The third-order valence-electron chi connectivity index (χ3n) is 9.60. The molecule has 48 heavy (non-hydrogen) atoms. The monoisotopic (exact) mass is 668 g/mol. The van der Waals surface area contributed by atoms with Gasteiger partial charge in [-0.2, -0.15) is 0 Å². The highest BCUT2D eigenvalue weighted by Gasteiger charge is 2.39. The Morgan fingerprint density at radius 1 is 0.854 bits per heavy atom. The minimum absolute atomic E-state index is 0.0205. The number of aromatic nitrogens is 2. The Hall–Kier alpha value is -4.26. The summed E-state index contributed by atoms with van der Waals surface area (Å²) in [7, 11) is -3.72. The van der Waals surface area contributed by atoms with Crippen LogP contribution in [-0.4, -0.2) is 53.7 Å². The molecule has 2 fully saturated rings. The van der Waals surface area contributed by atoms with E-state index in [1.165, 1.54) is 0 Å². The largest absolute Gasteiger partial charge is 0.392 e. The summed E-state index contributed by atoms with van der Waals surface area (Å²) < 4.78 is 43.6. The normalized spacial score (nSPS) is 22.5. The maximum Gasteiger partial charge on any atom is 0.326 e. The van der Waals surface area contributed by atoms with E-state index >= 15 is 0 Å². The third kappa shape index (κ3) is 6.69. The second kappa shape index (κ2) is 13.7. The zero-order valence-electron chi connectivity index (χ0n) is 26.7. The Morgan fingerprint density at radius 2 is 1.52 bits per heavy atom. The fraction of sp³-hybridized carbons (Fsp3) is 0.324. The van der Waals surface area contributed by atoms with Gasteiger partial charge < -0.3 is 24.5 Å². The number of imidazole rings is 1. The number of H-pyrrole nitrogens is 1. The van der Waals surface area contributed by atoms with E-state index in [2.05, 4.69) is 21.5 Å². The van der Waals surface area contributed by atoms with E-state index in [0.29, 0.717) is 12.2 Å². The quantitative estimate of drug-likeness (QED) is 0.183. The minimum atomic E-state index is -3.72. The van der Waals surface area contributed by atoms with Crippen LogP contribution in [0.4, 0.5) is 5.69 Å². The van der Waals surface area contributed by atoms with Gasteiger partial charge in [-0.25, -0.2) is 13.2 Å². The molecule has 10 nitrogen and oxygen atoms in total. The molecule has 2 saturated heterocycles. The van der Waals surface area contributed by atoms with Crippen molar-refractivity contribution in [1.82, 2.24) is 14.5 Å². The van der Waals surface area contributed by atoms with Crippen LogP contribution in [0, 0.1) is 5.92 Å². The molecule has 2 aliphatic heterocycles. The number of benzene rings is 4. The van der Waals surface area contributed by atoms with Crippen LogP contribution in [0.3, 0.4) is 0 Å². The Bertz CT molecular complexity index is 2000. The number of aliphatic hydroxyl groups excluding tert-OH is 1. The number of nitrogens with one attached hydrogen (secondary N) is 2. The van der Waals surface area contributed by atoms with Crippen LogP contribution in [0.5, 0.6) is 0 Å². The molecule has 1 aromatic heterocycles. The molecule has 0 aliphatic carbocycles. The third-order valence-corrected chi connectivity index (χ3v) is 11.0. The predicted molar refractivity (Wildman–Crippen MR) is 184 cm³/mol. The maximum atomic E-state index is 12.9. The van der Waals surface area contributed by atoms with Gasteiger partial charge in [0.2, 0.25) is 0 Å². The molecule has 11 heteroatoms. The smallest absolute Gasteiger partial charge is 0.326 e. The van der Waals surface area contributed by atoms with E-state index in [1.807, 2.05) is 65.2 Å². The van der Waals surface area contributed by atoms with Crippen LogP contribution < -0.4 is 10.4 Å². The summed E-state index contributed by atoms with van der Waals surface area (Å²) in [6, 6.07) is 31.1. The van der Waals surface area contributed by atoms with Gasteiger partial charge in [0.15, 0.2) is 6.29 Å². The highest BCUT2D eigenvalue weighted by Crippen LogP contribution is 2.42. The SMILES string of the molecule is CC1C(CN2CCC(n3c(=O)[nH]c4ccccc43)CC2)OC(c2ccc(NS(=O)(=O)c3ccccc3)cc2)OC1c1ccc(CO)cc1. The van der Waals surface area contributed by atoms with Gasteiger partial charge in [0.05, 0.1) is 34.7 Å². The molecule has 7 rings (SSSR count). The maximum absolute atomic E-state index is 12.9. The van der Waals surface area contributed by atoms with Gasteiger partial charge in [0.25, 0.3) is 10.0 Å². The number of sulfonamides is 1. The molecule has 0 bridgehead atoms. The average Bonchev–Trinajstić information content (AvgIpc) is 3.45. The number of nitrogens with zero attached hydrogens (tertiary/aromatic N) is 2. The zero-order valence-corrected chi connectivity index (χ0v) is 27.6. The molecule has 250 valence electrons. The van der Waals surface area contributed by atoms with Crippen molar-refractivity contribution in [2.75, 3.05) is 24.4 Å². The number of hydrogen-bond acceptors (Lipinski definition) is 7. The molecular formula is C37H40N4O6S. The lowest BCUT2D eigenvalue weighted by Gasteiger charge is -2.44. The van der Waals surface area contributed by atoms with E-state index in [-0.39, 0.29) is 41.4 Å². The number of aromatic amines is 1. The first-order valence-corrected chi connectivity index (χ1v) is 17.9. The van der Waals surface area contributed by atoms with E-state index in [0.717, 1.165) is 53.7 Å². The first-order valence-electron chi connectivity index (χ1n) is 16.4. The second-order valence-electron chi connectivity index (χ2n) is 12.7. The first kappa shape index (κ1) is 32.3. The number of likely N-dealkylation sites (tertiary alicyclic amines) is 1. The average molecular weight is 669 g/mol. The van der Waals surface area contributed by atoms with Gasteiger partial charge in [0.1, 0.15) is 0 Å². The Labute approximate surface area is 280 Å². The van der Waals surface area contributed by atoms with E-state index in [1.54, 1.807) is 42.5 Å². The predicted octanol–water partition coefficient (Wildman–Crippen LogP) is 5.75. The molecule has 2 aliphatic rings. The molecule has 0 saturated carbocycles. The summed E-state index contributed by atoms with van der Waals surface area (Å²) in [5.41, 5.74) is 4.80. The topological polar surface area (TPSA) is 126 Å². The van der Waals surface area contributed by atoms with Crippen molar-refractivity contribution < 1.29 is 23.0 Å². The number of rotatable bonds is 9. The van der Waals surface area contributed by atoms with Crippen LogP contribution in [0.1, 0.15) is 54.9 Å². The van der Waals surface area contributed by atoms with Crippen molar-refractivity contribution in [2.24, 2.45) is 5.92 Å². The standard InChI is InChI=1S/C37H40N4O6S/c1-25-34(23-40-21-19-30(20-22-40)41-33-10-6-5-9-32(33)38-37(41)43)46-36(47-35(25)27-13-11-26(24-42)12-14-27)28-15-17-29(18-16-28)39-48(44,45)31-7-3-2-4-8-31/h2-18,25,30,34-36,39,42H,19-24H2,1H3,(H,38,43). The van der Waals surface area contributed by atoms with Crippen molar-refractivity contribution in [2.45, 2.75) is 55.8 Å². The van der Waals surface area contributed by atoms with Crippen molar-refractivity contribution in [1.29, 1.82) is 0 Å². The number of anilines is 1. The molecule has 0 radical (unpaired) electrons. The molecule has 4 aromatic carbocycles. The summed E-state index contributed by atoms with van der Waals surface area (Å²) >= 11 is 0. The highest BCUT2D eigenvalue weighted by molar-refractivity contribution is 7.92. The molecule has 0 spiro atoms. The van der Waals surface area contributed by atoms with E-state index < -0.39 is 16.3 Å². The van der Waals surface area contributed by atoms with Crippen LogP contribution in [0.15, 0.2) is 113 Å². The zero-order chi connectivity index (χ0) is 33.3. The molecule has 5 aromatic rings. The number of piperidine rings is 1. The summed E-state index contributed by atoms with van der Waals surface area (Å²) in [6.45, 7) is 4.49. The van der Waals surface area contributed by atoms with Crippen LogP contribution in [0.25, 0.3) is 11.0 Å². The minimum Gasteiger partial charge on any atom is -0.392 e. The van der Waals surface area contributed by atoms with Crippen molar-refractivity contribution in [3.63, 3.8) is 0 Å². The van der Waals surface area contributed by atoms with E-state index in [4.69, 9.17) is 9.47 Å². The van der Waals surface area contributed by atoms with Gasteiger partial charge in [-0.3, -0.25) is 9.29 Å². The molecular weight excluding hydrogens is 628 g/mol. The van der Waals surface area contributed by atoms with Crippen molar-refractivity contribution in [3.05, 3.63) is 130 Å². The fourth-order valence-electron chi connectivity index (χ4n) is 6.90. The second-order valence-corrected chi connectivity index (χ2v) is 14.4. The number of hydrogen-bond donors (Lipinski definition) is 3. The van der Waals surface area contributed by atoms with Gasteiger partial charge in [-0.15, -0.1) is 0 Å². The molecule has 3 N–H and O–H groups in total. The number of fused-ring (bicyclic) bond motifs is 1. The van der Waals surface area contributed by atoms with Crippen LogP contribution in [0.2, 0.25) is 0 Å². The summed E-state index contributed by atoms with van der Waals surface area (Å²) in [4.78, 5) is 18.4. The van der Waals surface area contributed by atoms with Crippen LogP contribution >= 0.6 is 0 Å². The number of ether oxygens (including phenoxy) is 2.